The molecule has 0 atom stereocenters. The monoisotopic (exact) mass is 204 g/mol. The Hall–Kier alpha value is -1.69. The Bertz CT molecular complexity index is 326. The molecule has 0 saturated carbocycles. The summed E-state index contributed by atoms with van der Waals surface area (Å²) in [5.41, 5.74) is 1.15. The van der Waals surface area contributed by atoms with Crippen LogP contribution >= 0.6 is 0 Å². The standard InChI is InChI=1S/C12H16N2O/c1-14(10-4-3-9-13)11-5-7-12(15-2)8-6-11/h5-8H,3-4,10H2,1-2H3. The van der Waals surface area contributed by atoms with Gasteiger partial charge in [-0.15, -0.1) is 0 Å². The number of anilines is 1. The summed E-state index contributed by atoms with van der Waals surface area (Å²) in [6, 6.07) is 10.1. The molecule has 1 aromatic carbocycles. The molecule has 0 N–H and O–H groups in total. The van der Waals surface area contributed by atoms with Crippen LogP contribution in [0.4, 0.5) is 5.69 Å². The number of hydrogen-bond acceptors (Lipinski definition) is 3. The summed E-state index contributed by atoms with van der Waals surface area (Å²) in [6.45, 7) is 0.903. The fourth-order valence-electron chi connectivity index (χ4n) is 1.36. The summed E-state index contributed by atoms with van der Waals surface area (Å²) in [4.78, 5) is 2.14. The van der Waals surface area contributed by atoms with Crippen molar-refractivity contribution >= 4 is 5.69 Å². The van der Waals surface area contributed by atoms with Crippen LogP contribution in [0.3, 0.4) is 0 Å². The SMILES string of the molecule is COc1ccc(N(C)CCCC#N)cc1. The average Bonchev–Trinajstić information content (AvgIpc) is 2.29. The van der Waals surface area contributed by atoms with Crippen LogP contribution in [0.15, 0.2) is 24.3 Å². The highest BCUT2D eigenvalue weighted by Gasteiger charge is 2.00. The van der Waals surface area contributed by atoms with Gasteiger partial charge in [-0.05, 0) is 30.7 Å². The van der Waals surface area contributed by atoms with E-state index in [0.29, 0.717) is 6.42 Å². The van der Waals surface area contributed by atoms with Crippen LogP contribution in [0.25, 0.3) is 0 Å². The third-order valence-corrected chi connectivity index (χ3v) is 2.30. The van der Waals surface area contributed by atoms with Crippen LogP contribution < -0.4 is 9.64 Å². The van der Waals surface area contributed by atoms with Crippen LogP contribution in [0.5, 0.6) is 5.75 Å². The van der Waals surface area contributed by atoms with Gasteiger partial charge in [-0.25, -0.2) is 0 Å². The minimum Gasteiger partial charge on any atom is -0.497 e. The maximum atomic E-state index is 8.43. The van der Waals surface area contributed by atoms with Crippen molar-refractivity contribution in [3.05, 3.63) is 24.3 Å². The highest BCUT2D eigenvalue weighted by Crippen LogP contribution is 2.18. The van der Waals surface area contributed by atoms with E-state index in [2.05, 4.69) is 11.0 Å². The number of unbranched alkanes of at least 4 members (excludes halogenated alkanes) is 1. The number of rotatable bonds is 5. The second kappa shape index (κ2) is 5.92. The average molecular weight is 204 g/mol. The fraction of sp³-hybridized carbons (Fsp3) is 0.417. The third kappa shape index (κ3) is 3.51. The first kappa shape index (κ1) is 11.4. The number of ether oxygens (including phenoxy) is 1. The summed E-state index contributed by atoms with van der Waals surface area (Å²) in [7, 11) is 3.69. The lowest BCUT2D eigenvalue weighted by Crippen LogP contribution is -2.18. The second-order valence-corrected chi connectivity index (χ2v) is 3.38. The van der Waals surface area contributed by atoms with Crippen molar-refractivity contribution in [2.24, 2.45) is 0 Å². The molecule has 3 nitrogen and oxygen atoms in total. The van der Waals surface area contributed by atoms with Gasteiger partial charge in [0.1, 0.15) is 5.75 Å². The molecule has 0 aromatic heterocycles. The topological polar surface area (TPSA) is 36.3 Å². The van der Waals surface area contributed by atoms with E-state index in [0.717, 1.165) is 24.4 Å². The smallest absolute Gasteiger partial charge is 0.119 e. The Balaban J connectivity index is 2.51. The van der Waals surface area contributed by atoms with Gasteiger partial charge >= 0.3 is 0 Å². The van der Waals surface area contributed by atoms with E-state index in [1.54, 1.807) is 7.11 Å². The summed E-state index contributed by atoms with van der Waals surface area (Å²) < 4.78 is 5.09. The van der Waals surface area contributed by atoms with E-state index < -0.39 is 0 Å². The molecule has 0 spiro atoms. The summed E-state index contributed by atoms with van der Waals surface area (Å²) in [5, 5.41) is 8.43. The van der Waals surface area contributed by atoms with Gasteiger partial charge in [0, 0.05) is 25.7 Å². The maximum Gasteiger partial charge on any atom is 0.119 e. The molecule has 0 aliphatic rings. The van der Waals surface area contributed by atoms with Crippen molar-refractivity contribution < 1.29 is 4.74 Å². The van der Waals surface area contributed by atoms with E-state index in [1.165, 1.54) is 0 Å². The highest BCUT2D eigenvalue weighted by atomic mass is 16.5. The Morgan fingerprint density at radius 2 is 2.00 bits per heavy atom. The van der Waals surface area contributed by atoms with E-state index in [9.17, 15) is 0 Å². The van der Waals surface area contributed by atoms with Crippen molar-refractivity contribution in [2.45, 2.75) is 12.8 Å². The minimum atomic E-state index is 0.612. The molecule has 0 saturated heterocycles. The molecule has 0 heterocycles. The predicted octanol–water partition coefficient (Wildman–Crippen LogP) is 2.44. The molecule has 0 aliphatic carbocycles. The zero-order chi connectivity index (χ0) is 11.1. The predicted molar refractivity (Wildman–Crippen MR) is 61.1 cm³/mol. The Kier molecular flexibility index (Phi) is 4.49. The molecule has 0 unspecified atom stereocenters. The number of nitriles is 1. The van der Waals surface area contributed by atoms with Crippen molar-refractivity contribution in [1.29, 1.82) is 5.26 Å². The van der Waals surface area contributed by atoms with Crippen LogP contribution in [-0.4, -0.2) is 20.7 Å². The molecule has 3 heteroatoms. The van der Waals surface area contributed by atoms with E-state index in [1.807, 2.05) is 31.3 Å². The molecule has 0 radical (unpaired) electrons. The Labute approximate surface area is 90.9 Å². The quantitative estimate of drug-likeness (QED) is 0.691. The van der Waals surface area contributed by atoms with Crippen molar-refractivity contribution in [3.63, 3.8) is 0 Å². The lowest BCUT2D eigenvalue weighted by molar-refractivity contribution is 0.415. The Morgan fingerprint density at radius 1 is 1.33 bits per heavy atom. The van der Waals surface area contributed by atoms with Crippen molar-refractivity contribution in [3.8, 4) is 11.8 Å². The number of nitrogens with zero attached hydrogens (tertiary/aromatic N) is 2. The van der Waals surface area contributed by atoms with E-state index in [-0.39, 0.29) is 0 Å². The van der Waals surface area contributed by atoms with Gasteiger partial charge in [0.2, 0.25) is 0 Å². The fourth-order valence-corrected chi connectivity index (χ4v) is 1.36. The van der Waals surface area contributed by atoms with Gasteiger partial charge in [0.15, 0.2) is 0 Å². The second-order valence-electron chi connectivity index (χ2n) is 3.38. The normalized spacial score (nSPS) is 9.40. The minimum absolute atomic E-state index is 0.612. The number of methoxy groups -OCH3 is 1. The first-order chi connectivity index (χ1) is 7.27. The molecule has 0 amide bonds. The van der Waals surface area contributed by atoms with Gasteiger partial charge in [-0.2, -0.15) is 5.26 Å². The first-order valence-corrected chi connectivity index (χ1v) is 5.00. The van der Waals surface area contributed by atoms with E-state index in [4.69, 9.17) is 10.00 Å². The van der Waals surface area contributed by atoms with Gasteiger partial charge < -0.3 is 9.64 Å². The molecule has 1 rings (SSSR count). The van der Waals surface area contributed by atoms with Crippen molar-refractivity contribution in [1.82, 2.24) is 0 Å². The number of hydrogen-bond donors (Lipinski definition) is 0. The molecular weight excluding hydrogens is 188 g/mol. The number of benzene rings is 1. The molecule has 0 bridgehead atoms. The van der Waals surface area contributed by atoms with Crippen LogP contribution in [0, 0.1) is 11.3 Å². The van der Waals surface area contributed by atoms with Crippen LogP contribution in [-0.2, 0) is 0 Å². The molecule has 0 aliphatic heterocycles. The van der Waals surface area contributed by atoms with Crippen LogP contribution in [0.2, 0.25) is 0 Å². The summed E-state index contributed by atoms with van der Waals surface area (Å²) >= 11 is 0. The molecular formula is C12H16N2O. The van der Waals surface area contributed by atoms with Gasteiger partial charge in [0.05, 0.1) is 13.2 Å². The molecule has 15 heavy (non-hydrogen) atoms. The van der Waals surface area contributed by atoms with Gasteiger partial charge in [-0.3, -0.25) is 0 Å². The van der Waals surface area contributed by atoms with Crippen molar-refractivity contribution in [2.75, 3.05) is 25.6 Å². The third-order valence-electron chi connectivity index (χ3n) is 2.30. The first-order valence-electron chi connectivity index (χ1n) is 5.00. The molecule has 0 fully saturated rings. The molecule has 1 aromatic rings. The largest absolute Gasteiger partial charge is 0.497 e. The Morgan fingerprint density at radius 3 is 2.53 bits per heavy atom. The van der Waals surface area contributed by atoms with Gasteiger partial charge in [-0.1, -0.05) is 0 Å². The lowest BCUT2D eigenvalue weighted by atomic mass is 10.2. The van der Waals surface area contributed by atoms with Crippen LogP contribution in [0.1, 0.15) is 12.8 Å². The highest BCUT2D eigenvalue weighted by molar-refractivity contribution is 5.48. The lowest BCUT2D eigenvalue weighted by Gasteiger charge is -2.18. The summed E-state index contributed by atoms with van der Waals surface area (Å²) in [5.74, 6) is 0.865. The summed E-state index contributed by atoms with van der Waals surface area (Å²) in [6.07, 6.45) is 1.51. The maximum absolute atomic E-state index is 8.43. The van der Waals surface area contributed by atoms with Gasteiger partial charge in [0.25, 0.3) is 0 Å². The zero-order valence-corrected chi connectivity index (χ0v) is 9.23. The van der Waals surface area contributed by atoms with E-state index >= 15 is 0 Å². The zero-order valence-electron chi connectivity index (χ0n) is 9.23. The molecule has 80 valence electrons.